The molecule has 0 aliphatic carbocycles. The molecule has 0 saturated heterocycles. The largest absolute Gasteiger partial charge is 0.338 e. The van der Waals surface area contributed by atoms with Crippen LogP contribution in [0.1, 0.15) is 19.7 Å². The molecule has 1 N–H and O–H groups in total. The van der Waals surface area contributed by atoms with Gasteiger partial charge in [-0.3, -0.25) is 0 Å². The predicted molar refractivity (Wildman–Crippen MR) is 60.4 cm³/mol. The molecule has 0 bridgehead atoms. The number of fused-ring (bicyclic) bond motifs is 1. The molecule has 0 radical (unpaired) electrons. The number of aromatic amines is 1. The van der Waals surface area contributed by atoms with Gasteiger partial charge in [0, 0.05) is 5.02 Å². The highest BCUT2D eigenvalue weighted by Gasteiger charge is 2.03. The smallest absolute Gasteiger partial charge is 0.133 e. The first-order chi connectivity index (χ1) is 6.70. The maximum Gasteiger partial charge on any atom is 0.133 e. The first-order valence-corrected chi connectivity index (χ1v) is 4.87. The Bertz CT molecular complexity index is 497. The van der Waals surface area contributed by atoms with Crippen molar-refractivity contribution >= 4 is 28.2 Å². The van der Waals surface area contributed by atoms with Crippen LogP contribution in [-0.4, -0.2) is 9.97 Å². The van der Waals surface area contributed by atoms with E-state index < -0.39 is 0 Å². The Balaban J connectivity index is 2.62. The second kappa shape index (κ2) is 3.46. The van der Waals surface area contributed by atoms with Crippen LogP contribution in [-0.2, 0) is 0 Å². The second-order valence-electron chi connectivity index (χ2n) is 3.22. The van der Waals surface area contributed by atoms with Gasteiger partial charge in [0.1, 0.15) is 5.82 Å². The van der Waals surface area contributed by atoms with Crippen LogP contribution in [0.5, 0.6) is 0 Å². The summed E-state index contributed by atoms with van der Waals surface area (Å²) in [5.41, 5.74) is 3.07. The summed E-state index contributed by atoms with van der Waals surface area (Å²) in [7, 11) is 0. The minimum absolute atomic E-state index is 0.728. The third-order valence-electron chi connectivity index (χ3n) is 2.25. The zero-order chi connectivity index (χ0) is 10.1. The van der Waals surface area contributed by atoms with E-state index in [9.17, 15) is 0 Å². The number of allylic oxidation sites excluding steroid dienone is 2. The number of hydrogen-bond acceptors (Lipinski definition) is 1. The summed E-state index contributed by atoms with van der Waals surface area (Å²) in [6.07, 6.45) is 2.03. The maximum absolute atomic E-state index is 5.88. The highest BCUT2D eigenvalue weighted by atomic mass is 35.5. The molecule has 0 spiro atoms. The molecule has 14 heavy (non-hydrogen) atoms. The van der Waals surface area contributed by atoms with Gasteiger partial charge in [0.15, 0.2) is 0 Å². The Kier molecular flexibility index (Phi) is 2.30. The van der Waals surface area contributed by atoms with Crippen LogP contribution < -0.4 is 0 Å². The average Bonchev–Trinajstić information content (AvgIpc) is 2.59. The summed E-state index contributed by atoms with van der Waals surface area (Å²) >= 11 is 5.88. The SMILES string of the molecule is C/C=C(\C)c1nc2ccc(Cl)cc2[nH]1. The van der Waals surface area contributed by atoms with E-state index in [1.807, 2.05) is 38.1 Å². The second-order valence-corrected chi connectivity index (χ2v) is 3.66. The van der Waals surface area contributed by atoms with Crippen molar-refractivity contribution in [2.45, 2.75) is 13.8 Å². The van der Waals surface area contributed by atoms with Crippen molar-refractivity contribution in [2.75, 3.05) is 0 Å². The van der Waals surface area contributed by atoms with Crippen LogP contribution in [0.15, 0.2) is 24.3 Å². The van der Waals surface area contributed by atoms with Gasteiger partial charge in [0.05, 0.1) is 11.0 Å². The van der Waals surface area contributed by atoms with E-state index in [-0.39, 0.29) is 0 Å². The number of halogens is 1. The summed E-state index contributed by atoms with van der Waals surface area (Å²) in [5, 5.41) is 0.728. The number of nitrogens with one attached hydrogen (secondary N) is 1. The number of rotatable bonds is 1. The lowest BCUT2D eigenvalue weighted by molar-refractivity contribution is 1.25. The van der Waals surface area contributed by atoms with Gasteiger partial charge in [-0.1, -0.05) is 17.7 Å². The van der Waals surface area contributed by atoms with E-state index in [2.05, 4.69) is 9.97 Å². The lowest BCUT2D eigenvalue weighted by Gasteiger charge is -1.90. The van der Waals surface area contributed by atoms with Crippen molar-refractivity contribution in [1.82, 2.24) is 9.97 Å². The summed E-state index contributed by atoms with van der Waals surface area (Å²) in [4.78, 5) is 7.67. The minimum Gasteiger partial charge on any atom is -0.338 e. The van der Waals surface area contributed by atoms with E-state index in [1.165, 1.54) is 0 Å². The standard InChI is InChI=1S/C11H11ClN2/c1-3-7(2)11-13-9-5-4-8(12)6-10(9)14-11/h3-6H,1-2H3,(H,13,14)/b7-3+. The first kappa shape index (κ1) is 9.28. The Morgan fingerprint density at radius 3 is 3.00 bits per heavy atom. The van der Waals surface area contributed by atoms with Crippen LogP contribution in [0.4, 0.5) is 0 Å². The highest BCUT2D eigenvalue weighted by Crippen LogP contribution is 2.19. The van der Waals surface area contributed by atoms with Gasteiger partial charge < -0.3 is 4.98 Å². The van der Waals surface area contributed by atoms with Crippen LogP contribution >= 0.6 is 11.6 Å². The zero-order valence-corrected chi connectivity index (χ0v) is 8.89. The summed E-state index contributed by atoms with van der Waals surface area (Å²) in [5.74, 6) is 0.907. The minimum atomic E-state index is 0.728. The molecule has 1 aromatic heterocycles. The third-order valence-corrected chi connectivity index (χ3v) is 2.49. The summed E-state index contributed by atoms with van der Waals surface area (Å²) in [6.45, 7) is 4.02. The van der Waals surface area contributed by atoms with Crippen molar-refractivity contribution in [2.24, 2.45) is 0 Å². The van der Waals surface area contributed by atoms with Crippen LogP contribution in [0.25, 0.3) is 16.6 Å². The van der Waals surface area contributed by atoms with Crippen LogP contribution in [0.3, 0.4) is 0 Å². The lowest BCUT2D eigenvalue weighted by atomic mass is 10.3. The predicted octanol–water partition coefficient (Wildman–Crippen LogP) is 3.64. The molecule has 2 aromatic rings. The van der Waals surface area contributed by atoms with E-state index in [0.29, 0.717) is 0 Å². The van der Waals surface area contributed by atoms with Crippen molar-refractivity contribution in [3.8, 4) is 0 Å². The number of imidazole rings is 1. The molecule has 72 valence electrons. The molecule has 3 heteroatoms. The topological polar surface area (TPSA) is 28.7 Å². The Morgan fingerprint density at radius 1 is 1.50 bits per heavy atom. The van der Waals surface area contributed by atoms with Gasteiger partial charge in [-0.05, 0) is 37.6 Å². The van der Waals surface area contributed by atoms with Gasteiger partial charge in [-0.15, -0.1) is 0 Å². The molecule has 1 heterocycles. The Labute approximate surface area is 87.6 Å². The Morgan fingerprint density at radius 2 is 2.29 bits per heavy atom. The number of hydrogen-bond donors (Lipinski definition) is 1. The third kappa shape index (κ3) is 1.53. The molecular formula is C11H11ClN2. The van der Waals surface area contributed by atoms with Gasteiger partial charge >= 0.3 is 0 Å². The molecule has 0 atom stereocenters. The van der Waals surface area contributed by atoms with Gasteiger partial charge in [-0.25, -0.2) is 4.98 Å². The van der Waals surface area contributed by atoms with E-state index in [0.717, 1.165) is 27.5 Å². The normalized spacial score (nSPS) is 12.4. The van der Waals surface area contributed by atoms with Crippen molar-refractivity contribution < 1.29 is 0 Å². The summed E-state index contributed by atoms with van der Waals surface area (Å²) in [6, 6.07) is 5.65. The fourth-order valence-corrected chi connectivity index (χ4v) is 1.48. The van der Waals surface area contributed by atoms with Crippen molar-refractivity contribution in [1.29, 1.82) is 0 Å². The highest BCUT2D eigenvalue weighted by molar-refractivity contribution is 6.31. The van der Waals surface area contributed by atoms with Crippen LogP contribution in [0, 0.1) is 0 Å². The maximum atomic E-state index is 5.88. The van der Waals surface area contributed by atoms with E-state index >= 15 is 0 Å². The fourth-order valence-electron chi connectivity index (χ4n) is 1.31. The van der Waals surface area contributed by atoms with Crippen LogP contribution in [0.2, 0.25) is 5.02 Å². The first-order valence-electron chi connectivity index (χ1n) is 4.49. The quantitative estimate of drug-likeness (QED) is 0.758. The number of nitrogens with zero attached hydrogens (tertiary/aromatic N) is 1. The van der Waals surface area contributed by atoms with E-state index in [4.69, 9.17) is 11.6 Å². The summed E-state index contributed by atoms with van der Waals surface area (Å²) < 4.78 is 0. The molecule has 0 aliphatic heterocycles. The fraction of sp³-hybridized carbons (Fsp3) is 0.182. The molecule has 0 fully saturated rings. The number of benzene rings is 1. The molecule has 0 amide bonds. The van der Waals surface area contributed by atoms with Gasteiger partial charge in [0.25, 0.3) is 0 Å². The lowest BCUT2D eigenvalue weighted by Crippen LogP contribution is -1.80. The average molecular weight is 207 g/mol. The molecule has 0 saturated carbocycles. The van der Waals surface area contributed by atoms with Gasteiger partial charge in [-0.2, -0.15) is 0 Å². The van der Waals surface area contributed by atoms with Crippen molar-refractivity contribution in [3.63, 3.8) is 0 Å². The van der Waals surface area contributed by atoms with Crippen molar-refractivity contribution in [3.05, 3.63) is 35.1 Å². The molecule has 0 unspecified atom stereocenters. The Hall–Kier alpha value is -1.28. The number of H-pyrrole nitrogens is 1. The van der Waals surface area contributed by atoms with Gasteiger partial charge in [0.2, 0.25) is 0 Å². The molecular weight excluding hydrogens is 196 g/mol. The molecule has 1 aromatic carbocycles. The number of aromatic nitrogens is 2. The molecule has 2 rings (SSSR count). The monoisotopic (exact) mass is 206 g/mol. The molecule has 2 nitrogen and oxygen atoms in total. The molecule has 0 aliphatic rings. The van der Waals surface area contributed by atoms with E-state index in [1.54, 1.807) is 0 Å². The zero-order valence-electron chi connectivity index (χ0n) is 8.13.